The van der Waals surface area contributed by atoms with E-state index in [1.54, 1.807) is 18.7 Å². The second-order valence-electron chi connectivity index (χ2n) is 8.24. The number of nitriles is 1. The smallest absolute Gasteiger partial charge is 0.420 e. The molecule has 0 atom stereocenters. The zero-order chi connectivity index (χ0) is 19.9. The van der Waals surface area contributed by atoms with E-state index in [1.165, 1.54) is 4.57 Å². The molecule has 1 saturated heterocycles. The monoisotopic (exact) mass is 380 g/mol. The van der Waals surface area contributed by atoms with Gasteiger partial charge in [0.25, 0.3) is 0 Å². The Morgan fingerprint density at radius 1 is 1.32 bits per heavy atom. The summed E-state index contributed by atoms with van der Waals surface area (Å²) in [6.45, 7) is 7.26. The fourth-order valence-electron chi connectivity index (χ4n) is 3.71. The quantitative estimate of drug-likeness (QED) is 0.677. The number of ether oxygens (including phenoxy) is 1. The number of hydrogen-bond acceptors (Lipinski definition) is 6. The summed E-state index contributed by atoms with van der Waals surface area (Å²) in [5.41, 5.74) is 1.70. The van der Waals surface area contributed by atoms with Gasteiger partial charge in [-0.15, -0.1) is 0 Å². The minimum Gasteiger partial charge on any atom is -0.443 e. The van der Waals surface area contributed by atoms with Crippen LogP contribution < -0.4 is 5.01 Å². The van der Waals surface area contributed by atoms with Crippen LogP contribution in [0.5, 0.6) is 0 Å². The first-order chi connectivity index (χ1) is 13.4. The van der Waals surface area contributed by atoms with Crippen LogP contribution in [0, 0.1) is 17.2 Å². The number of pyridine rings is 1. The maximum absolute atomic E-state index is 12.5. The minimum absolute atomic E-state index is 0.447. The van der Waals surface area contributed by atoms with Gasteiger partial charge < -0.3 is 9.75 Å². The van der Waals surface area contributed by atoms with Gasteiger partial charge in [-0.1, -0.05) is 0 Å². The van der Waals surface area contributed by atoms with Crippen LogP contribution in [0.3, 0.4) is 0 Å². The van der Waals surface area contributed by atoms with E-state index in [0.717, 1.165) is 42.4 Å². The van der Waals surface area contributed by atoms with Crippen molar-refractivity contribution in [3.8, 4) is 6.07 Å². The molecule has 1 aliphatic rings. The summed E-state index contributed by atoms with van der Waals surface area (Å²) in [7, 11) is 0. The van der Waals surface area contributed by atoms with Gasteiger partial charge in [0.1, 0.15) is 23.0 Å². The van der Waals surface area contributed by atoms with E-state index in [2.05, 4.69) is 25.7 Å². The Morgan fingerprint density at radius 2 is 2.07 bits per heavy atom. The first-order valence-corrected chi connectivity index (χ1v) is 9.56. The van der Waals surface area contributed by atoms with Crippen molar-refractivity contribution < 1.29 is 9.53 Å². The predicted molar refractivity (Wildman–Crippen MR) is 106 cm³/mol. The molecule has 4 heterocycles. The fourth-order valence-corrected chi connectivity index (χ4v) is 3.71. The molecule has 4 rings (SSSR count). The lowest BCUT2D eigenvalue weighted by molar-refractivity contribution is 0.0543. The molecule has 8 nitrogen and oxygen atoms in total. The number of carbonyl (C=O) groups excluding carboxylic acids is 1. The van der Waals surface area contributed by atoms with Gasteiger partial charge in [-0.3, -0.25) is 0 Å². The highest BCUT2D eigenvalue weighted by Crippen LogP contribution is 2.27. The van der Waals surface area contributed by atoms with Crippen molar-refractivity contribution in [3.05, 3.63) is 24.8 Å². The molecule has 1 fully saturated rings. The zero-order valence-electron chi connectivity index (χ0n) is 16.4. The Bertz CT molecular complexity index is 1060. The lowest BCUT2D eigenvalue weighted by atomic mass is 9.95. The van der Waals surface area contributed by atoms with E-state index in [4.69, 9.17) is 10.00 Å². The number of aromatic nitrogens is 4. The van der Waals surface area contributed by atoms with Gasteiger partial charge in [-0.05, 0) is 45.6 Å². The molecule has 0 amide bonds. The number of imidazole rings is 1. The number of fused-ring (bicyclic) bond motifs is 3. The number of piperidine rings is 1. The first kappa shape index (κ1) is 18.3. The van der Waals surface area contributed by atoms with E-state index >= 15 is 0 Å². The molecule has 0 spiro atoms. The van der Waals surface area contributed by atoms with Gasteiger partial charge in [-0.25, -0.2) is 24.0 Å². The van der Waals surface area contributed by atoms with Crippen molar-refractivity contribution in [1.82, 2.24) is 19.2 Å². The minimum atomic E-state index is -0.576. The maximum atomic E-state index is 12.5. The Kier molecular flexibility index (Phi) is 4.46. The molecule has 0 aromatic carbocycles. The van der Waals surface area contributed by atoms with E-state index in [9.17, 15) is 4.79 Å². The summed E-state index contributed by atoms with van der Waals surface area (Å²) in [4.78, 5) is 21.5. The third-order valence-corrected chi connectivity index (χ3v) is 5.07. The highest BCUT2D eigenvalue weighted by Gasteiger charge is 2.24. The lowest BCUT2D eigenvalue weighted by Gasteiger charge is -2.33. The van der Waals surface area contributed by atoms with E-state index < -0.39 is 11.7 Å². The number of rotatable bonds is 2. The zero-order valence-corrected chi connectivity index (χ0v) is 16.4. The first-order valence-electron chi connectivity index (χ1n) is 9.56. The van der Waals surface area contributed by atoms with Crippen LogP contribution in [0.25, 0.3) is 22.1 Å². The second kappa shape index (κ2) is 6.82. The predicted octanol–water partition coefficient (Wildman–Crippen LogP) is 3.43. The molecule has 146 valence electrons. The Hall–Kier alpha value is -3.08. The molecular formula is C20H24N6O2. The van der Waals surface area contributed by atoms with Crippen LogP contribution in [-0.4, -0.2) is 44.0 Å². The summed E-state index contributed by atoms with van der Waals surface area (Å²) < 4.78 is 8.99. The van der Waals surface area contributed by atoms with Crippen molar-refractivity contribution >= 4 is 28.2 Å². The molecule has 0 unspecified atom stereocenters. The van der Waals surface area contributed by atoms with Gasteiger partial charge in [0.15, 0.2) is 5.65 Å². The third kappa shape index (κ3) is 3.28. The summed E-state index contributed by atoms with van der Waals surface area (Å²) >= 11 is 0. The molecule has 3 aromatic rings. The molecule has 0 aliphatic carbocycles. The Labute approximate surface area is 163 Å². The Balaban J connectivity index is 1.70. The molecule has 1 aliphatic heterocycles. The summed E-state index contributed by atoms with van der Waals surface area (Å²) in [6, 6.07) is 4.16. The number of nitrogens with zero attached hydrogens (tertiary/aromatic N) is 6. The van der Waals surface area contributed by atoms with Gasteiger partial charge in [-0.2, -0.15) is 5.26 Å². The highest BCUT2D eigenvalue weighted by atomic mass is 16.6. The molecular weight excluding hydrogens is 356 g/mol. The van der Waals surface area contributed by atoms with E-state index in [-0.39, 0.29) is 0 Å². The second-order valence-corrected chi connectivity index (χ2v) is 8.24. The summed E-state index contributed by atoms with van der Waals surface area (Å²) in [6.07, 6.45) is 7.34. The van der Waals surface area contributed by atoms with E-state index in [1.807, 2.05) is 26.8 Å². The summed E-state index contributed by atoms with van der Waals surface area (Å²) in [5, 5.41) is 12.0. The average molecular weight is 380 g/mol. The van der Waals surface area contributed by atoms with Crippen molar-refractivity contribution in [1.29, 1.82) is 5.26 Å². The molecule has 0 N–H and O–H groups in total. The Morgan fingerprint density at radius 3 is 2.75 bits per heavy atom. The fraction of sp³-hybridized carbons (Fsp3) is 0.500. The van der Waals surface area contributed by atoms with Crippen LogP contribution in [0.15, 0.2) is 24.8 Å². The number of hydrogen-bond donors (Lipinski definition) is 0. The van der Waals surface area contributed by atoms with Crippen molar-refractivity contribution in [3.63, 3.8) is 0 Å². The average Bonchev–Trinajstić information content (AvgIpc) is 3.25. The van der Waals surface area contributed by atoms with Crippen molar-refractivity contribution in [2.45, 2.75) is 45.6 Å². The summed E-state index contributed by atoms with van der Waals surface area (Å²) in [5.74, 6) is 0.464. The SMILES string of the molecule is CC(C)(C)OC(=O)n1ccc2c1ncc1ncn(N3CCC(CC#N)CC3)c12. The standard InChI is InChI=1S/C20H24N6O2/c1-20(2,3)28-19(27)25-11-7-15-17-16(12-22-18(15)25)23-13-26(17)24-9-5-14(4-8-21)6-10-24/h7,11-14H,4-6,9-10H2,1-3H3. The molecule has 8 heteroatoms. The van der Waals surface area contributed by atoms with Gasteiger partial charge in [0.2, 0.25) is 0 Å². The van der Waals surface area contributed by atoms with Gasteiger partial charge in [0.05, 0.1) is 12.3 Å². The largest absolute Gasteiger partial charge is 0.443 e. The topological polar surface area (TPSA) is 89.0 Å². The van der Waals surface area contributed by atoms with Crippen LogP contribution in [0.2, 0.25) is 0 Å². The number of carbonyl (C=O) groups is 1. The van der Waals surface area contributed by atoms with Gasteiger partial charge >= 0.3 is 6.09 Å². The highest BCUT2D eigenvalue weighted by molar-refractivity contribution is 6.03. The van der Waals surface area contributed by atoms with E-state index in [0.29, 0.717) is 18.0 Å². The van der Waals surface area contributed by atoms with Gasteiger partial charge in [0, 0.05) is 31.1 Å². The molecule has 0 radical (unpaired) electrons. The van der Waals surface area contributed by atoms with Crippen molar-refractivity contribution in [2.75, 3.05) is 18.1 Å². The molecule has 0 saturated carbocycles. The van der Waals surface area contributed by atoms with Crippen LogP contribution >= 0.6 is 0 Å². The maximum Gasteiger partial charge on any atom is 0.420 e. The van der Waals surface area contributed by atoms with Crippen LogP contribution in [0.4, 0.5) is 4.79 Å². The third-order valence-electron chi connectivity index (χ3n) is 5.07. The van der Waals surface area contributed by atoms with Crippen LogP contribution in [0.1, 0.15) is 40.0 Å². The molecule has 28 heavy (non-hydrogen) atoms. The molecule has 0 bridgehead atoms. The lowest BCUT2D eigenvalue weighted by Crippen LogP contribution is -2.41. The normalized spacial score (nSPS) is 15.9. The molecule has 3 aromatic heterocycles. The van der Waals surface area contributed by atoms with Crippen LogP contribution in [-0.2, 0) is 4.74 Å². The van der Waals surface area contributed by atoms with Crippen molar-refractivity contribution in [2.24, 2.45) is 5.92 Å².